The number of pyridine rings is 1. The first-order valence-corrected chi connectivity index (χ1v) is 13.2. The first-order chi connectivity index (χ1) is 16.7. The van der Waals surface area contributed by atoms with Crippen molar-refractivity contribution in [2.24, 2.45) is 7.05 Å². The Bertz CT molecular complexity index is 844. The second-order valence-corrected chi connectivity index (χ2v) is 9.09. The molecule has 1 heterocycles. The zero-order valence-corrected chi connectivity index (χ0v) is 24.1. The van der Waals surface area contributed by atoms with Crippen LogP contribution in [0.3, 0.4) is 0 Å². The molecule has 0 aliphatic heterocycles. The first-order valence-electron chi connectivity index (χ1n) is 13.2. The Balaban J connectivity index is 0.00000612. The molecule has 2 aromatic rings. The van der Waals surface area contributed by atoms with Crippen molar-refractivity contribution in [2.75, 3.05) is 13.7 Å². The zero-order valence-electron chi connectivity index (χ0n) is 22.0. The van der Waals surface area contributed by atoms with Crippen LogP contribution in [0.2, 0.25) is 0 Å². The Morgan fingerprint density at radius 3 is 2.09 bits per heavy atom. The van der Waals surface area contributed by atoms with E-state index in [0.29, 0.717) is 30.2 Å². The third-order valence-corrected chi connectivity index (χ3v) is 6.27. The molecule has 0 saturated carbocycles. The molecule has 35 heavy (non-hydrogen) atoms. The van der Waals surface area contributed by atoms with Crippen LogP contribution in [0.4, 0.5) is 0 Å². The van der Waals surface area contributed by atoms with Crippen LogP contribution in [0.15, 0.2) is 42.6 Å². The van der Waals surface area contributed by atoms with E-state index < -0.39 is 0 Å². The van der Waals surface area contributed by atoms with E-state index in [1.807, 2.05) is 42.1 Å². The van der Waals surface area contributed by atoms with E-state index in [9.17, 15) is 4.79 Å². The molecule has 6 heteroatoms. The number of aryl methyl sites for hydroxylation is 1. The summed E-state index contributed by atoms with van der Waals surface area (Å²) in [6.07, 6.45) is 17.9. The summed E-state index contributed by atoms with van der Waals surface area (Å²) in [4.78, 5) is 12.6. The molecule has 0 unspecified atom stereocenters. The highest BCUT2D eigenvalue weighted by Crippen LogP contribution is 2.28. The summed E-state index contributed by atoms with van der Waals surface area (Å²) >= 11 is 0. The molecule has 0 aliphatic carbocycles. The van der Waals surface area contributed by atoms with Gasteiger partial charge in [-0.05, 0) is 24.6 Å². The van der Waals surface area contributed by atoms with E-state index in [2.05, 4.69) is 12.2 Å². The van der Waals surface area contributed by atoms with Crippen LogP contribution in [0.5, 0.6) is 11.5 Å². The van der Waals surface area contributed by atoms with Crippen molar-refractivity contribution < 1.29 is 42.8 Å². The van der Waals surface area contributed by atoms with Gasteiger partial charge in [-0.3, -0.25) is 4.79 Å². The van der Waals surface area contributed by atoms with E-state index in [-0.39, 0.29) is 29.9 Å². The van der Waals surface area contributed by atoms with Gasteiger partial charge in [-0.25, -0.2) is 4.57 Å². The van der Waals surface area contributed by atoms with Gasteiger partial charge in [0, 0.05) is 17.7 Å². The van der Waals surface area contributed by atoms with Gasteiger partial charge in [-0.2, -0.15) is 0 Å². The molecule has 0 saturated heterocycles. The van der Waals surface area contributed by atoms with Crippen LogP contribution in [-0.4, -0.2) is 19.6 Å². The largest absolute Gasteiger partial charge is 1.00 e. The molecule has 2 rings (SSSR count). The van der Waals surface area contributed by atoms with Gasteiger partial charge >= 0.3 is 0 Å². The molecule has 196 valence electrons. The minimum absolute atomic E-state index is 0. The molecule has 1 aromatic heterocycles. The van der Waals surface area contributed by atoms with Gasteiger partial charge in [0.25, 0.3) is 5.91 Å². The van der Waals surface area contributed by atoms with Gasteiger partial charge in [-0.1, -0.05) is 83.6 Å². The molecule has 0 spiro atoms. The SMILES string of the molecule is CCCCCCCCCCCCCCOc1ccc(C(=O)NCc2cccc[n+]2C)cc1OC.[I-]. The van der Waals surface area contributed by atoms with Gasteiger partial charge in [0.1, 0.15) is 13.6 Å². The summed E-state index contributed by atoms with van der Waals surface area (Å²) in [6.45, 7) is 3.41. The maximum atomic E-state index is 12.6. The molecule has 5 nitrogen and oxygen atoms in total. The van der Waals surface area contributed by atoms with Crippen molar-refractivity contribution in [1.82, 2.24) is 5.32 Å². The van der Waals surface area contributed by atoms with Crippen LogP contribution in [0, 0.1) is 0 Å². The maximum Gasteiger partial charge on any atom is 0.251 e. The van der Waals surface area contributed by atoms with Gasteiger partial charge in [0.05, 0.1) is 13.7 Å². The minimum atomic E-state index is -0.130. The summed E-state index contributed by atoms with van der Waals surface area (Å²) in [7, 11) is 3.57. The van der Waals surface area contributed by atoms with Crippen LogP contribution in [0.25, 0.3) is 0 Å². The molecule has 1 aromatic carbocycles. The number of benzene rings is 1. The van der Waals surface area contributed by atoms with Crippen LogP contribution < -0.4 is 43.3 Å². The van der Waals surface area contributed by atoms with Crippen LogP contribution in [0.1, 0.15) is 100 Å². The molecular formula is C29H45IN2O3. The third-order valence-electron chi connectivity index (χ3n) is 6.27. The van der Waals surface area contributed by atoms with Gasteiger partial charge in [-0.15, -0.1) is 0 Å². The highest BCUT2D eigenvalue weighted by atomic mass is 127. The highest BCUT2D eigenvalue weighted by Gasteiger charge is 2.13. The first kappa shape index (κ1) is 31.2. The number of carbonyl (C=O) groups is 1. The number of methoxy groups -OCH3 is 1. The molecule has 0 atom stereocenters. The van der Waals surface area contributed by atoms with E-state index in [1.54, 1.807) is 19.2 Å². The lowest BCUT2D eigenvalue weighted by Crippen LogP contribution is -3.00. The molecule has 0 radical (unpaired) electrons. The summed E-state index contributed by atoms with van der Waals surface area (Å²) in [5.41, 5.74) is 1.60. The molecular weight excluding hydrogens is 551 g/mol. The van der Waals surface area contributed by atoms with Gasteiger partial charge in [0.15, 0.2) is 23.4 Å². The van der Waals surface area contributed by atoms with Crippen molar-refractivity contribution in [3.8, 4) is 11.5 Å². The third kappa shape index (κ3) is 12.6. The number of unbranched alkanes of at least 4 members (excludes halogenated alkanes) is 11. The molecule has 0 aliphatic rings. The second-order valence-electron chi connectivity index (χ2n) is 9.09. The Hall–Kier alpha value is -1.83. The fourth-order valence-electron chi connectivity index (χ4n) is 4.07. The van der Waals surface area contributed by atoms with Crippen molar-refractivity contribution in [2.45, 2.75) is 90.5 Å². The predicted octanol–water partition coefficient (Wildman–Crippen LogP) is 3.53. The molecule has 1 N–H and O–H groups in total. The highest BCUT2D eigenvalue weighted by molar-refractivity contribution is 5.94. The Kier molecular flexibility index (Phi) is 17.3. The van der Waals surface area contributed by atoms with Crippen molar-refractivity contribution in [3.63, 3.8) is 0 Å². The summed E-state index contributed by atoms with van der Waals surface area (Å²) in [5.74, 6) is 1.16. The lowest BCUT2D eigenvalue weighted by atomic mass is 10.1. The maximum absolute atomic E-state index is 12.6. The van der Waals surface area contributed by atoms with E-state index in [1.165, 1.54) is 70.6 Å². The average Bonchev–Trinajstić information content (AvgIpc) is 2.86. The van der Waals surface area contributed by atoms with Crippen molar-refractivity contribution >= 4 is 5.91 Å². The number of carbonyl (C=O) groups excluding carboxylic acids is 1. The number of nitrogens with zero attached hydrogens (tertiary/aromatic N) is 1. The van der Waals surface area contributed by atoms with E-state index in [0.717, 1.165) is 12.1 Å². The second kappa shape index (κ2) is 19.4. The molecule has 0 fully saturated rings. The number of rotatable bonds is 18. The standard InChI is InChI=1S/C29H44N2O3.HI/c1-4-5-6-7-8-9-10-11-12-13-14-17-22-34-27-20-19-25(23-28(27)33-3)29(32)30-24-26-18-15-16-21-31(26)2;/h15-16,18-21,23H,4-14,17,22,24H2,1-3H3;1H. The van der Waals surface area contributed by atoms with Gasteiger partial charge < -0.3 is 38.8 Å². The number of nitrogens with one attached hydrogen (secondary N) is 1. The summed E-state index contributed by atoms with van der Waals surface area (Å²) in [5, 5.41) is 2.97. The van der Waals surface area contributed by atoms with Gasteiger partial charge in [0.2, 0.25) is 0 Å². The Labute approximate surface area is 230 Å². The van der Waals surface area contributed by atoms with E-state index in [4.69, 9.17) is 9.47 Å². The monoisotopic (exact) mass is 596 g/mol. The zero-order chi connectivity index (χ0) is 24.4. The summed E-state index contributed by atoms with van der Waals surface area (Å²) in [6, 6.07) is 11.3. The molecule has 1 amide bonds. The number of aromatic nitrogens is 1. The quantitative estimate of drug-likeness (QED) is 0.163. The smallest absolute Gasteiger partial charge is 0.251 e. The van der Waals surface area contributed by atoms with Crippen molar-refractivity contribution in [3.05, 3.63) is 53.9 Å². The van der Waals surface area contributed by atoms with Crippen LogP contribution >= 0.6 is 0 Å². The van der Waals surface area contributed by atoms with Crippen LogP contribution in [-0.2, 0) is 13.6 Å². The fourth-order valence-corrected chi connectivity index (χ4v) is 4.07. The Morgan fingerprint density at radius 1 is 0.857 bits per heavy atom. The number of ether oxygens (including phenoxy) is 2. The van der Waals surface area contributed by atoms with E-state index >= 15 is 0 Å². The average molecular weight is 597 g/mol. The number of halogens is 1. The normalized spacial score (nSPS) is 10.5. The number of amides is 1. The minimum Gasteiger partial charge on any atom is -1.00 e. The number of hydrogen-bond acceptors (Lipinski definition) is 3. The lowest BCUT2D eigenvalue weighted by molar-refractivity contribution is -0.679. The Morgan fingerprint density at radius 2 is 1.49 bits per heavy atom. The topological polar surface area (TPSA) is 51.4 Å². The fraction of sp³-hybridized carbons (Fsp3) is 0.586. The molecule has 0 bridgehead atoms. The lowest BCUT2D eigenvalue weighted by Gasteiger charge is -2.12. The summed E-state index contributed by atoms with van der Waals surface area (Å²) < 4.78 is 13.4. The number of hydrogen-bond donors (Lipinski definition) is 1. The van der Waals surface area contributed by atoms with Crippen molar-refractivity contribution in [1.29, 1.82) is 0 Å². The predicted molar refractivity (Wildman–Crippen MR) is 138 cm³/mol.